The third kappa shape index (κ3) is 8.35. The van der Waals surface area contributed by atoms with Crippen LogP contribution in [-0.2, 0) is 0 Å². The molecule has 0 nitrogen and oxygen atoms in total. The Labute approximate surface area is 97.5 Å². The zero-order valence-electron chi connectivity index (χ0n) is 23.9. The summed E-state index contributed by atoms with van der Waals surface area (Å²) in [5, 5.41) is 0. The molecule has 1 heteroatoms. The summed E-state index contributed by atoms with van der Waals surface area (Å²) >= 11 is 3.20. The fourth-order valence-corrected chi connectivity index (χ4v) is 0.240. The molecular weight excluding hydrogens is 140 g/mol. The normalized spacial score (nSPS) is 51.1. The average molecular weight is 179 g/mol. The van der Waals surface area contributed by atoms with Gasteiger partial charge in [0.25, 0.3) is 0 Å². The quantitative estimate of drug-likeness (QED) is 0.567. The van der Waals surface area contributed by atoms with Gasteiger partial charge in [-0.1, -0.05) is 45.1 Å². The molecule has 0 atom stereocenters. The van der Waals surface area contributed by atoms with Crippen LogP contribution in [-0.4, -0.2) is 5.70 Å². The first-order chi connectivity index (χ1) is 12.0. The van der Waals surface area contributed by atoms with Crippen LogP contribution < -0.4 is 0 Å². The van der Waals surface area contributed by atoms with E-state index in [0.717, 1.165) is 0 Å². The number of rotatable bonds is 7. The predicted molar refractivity (Wildman–Crippen MR) is 51.8 cm³/mol. The molecule has 0 rings (SSSR count). The maximum atomic E-state index is 7.78. The predicted octanol–water partition coefficient (Wildman–Crippen LogP) is 3.67. The molecule has 0 aliphatic carbocycles. The van der Waals surface area contributed by atoms with Crippen LogP contribution in [0.2, 0.25) is 0 Å². The van der Waals surface area contributed by atoms with Crippen molar-refractivity contribution < 1.29 is 26.0 Å². The van der Waals surface area contributed by atoms with Crippen molar-refractivity contribution in [2.45, 2.75) is 51.5 Å². The van der Waals surface area contributed by atoms with Crippen LogP contribution in [0.1, 0.15) is 77.5 Å². The lowest BCUT2D eigenvalue weighted by Gasteiger charge is -1.97. The van der Waals surface area contributed by atoms with Crippen molar-refractivity contribution in [2.24, 2.45) is 0 Å². The minimum atomic E-state index is -4.40. The molecule has 0 fully saturated rings. The average Bonchev–Trinajstić information content (AvgIpc) is 2.43. The highest BCUT2D eigenvalue weighted by molar-refractivity contribution is 7.80. The SMILES string of the molecule is [2H]C([2H])([2H])C([2H])([2H])C([2H])([2H])C([2H])([2H])C([2H])([2H])C([2H])([2H])C([2H])([2H])C([2H])([2H])C([2H])([2H])S. The molecule has 0 aromatic heterocycles. The number of hydrogen-bond donors (Lipinski definition) is 1. The molecule has 0 radical (unpaired) electrons. The first-order valence-corrected chi connectivity index (χ1v) is 2.67. The van der Waals surface area contributed by atoms with Gasteiger partial charge in [0.2, 0.25) is 0 Å². The van der Waals surface area contributed by atoms with Gasteiger partial charge in [-0.3, -0.25) is 0 Å². The molecule has 0 aliphatic rings. The van der Waals surface area contributed by atoms with Crippen molar-refractivity contribution in [3.05, 3.63) is 0 Å². The van der Waals surface area contributed by atoms with E-state index in [4.69, 9.17) is 26.0 Å². The fourth-order valence-electron chi connectivity index (χ4n) is 0.184. The summed E-state index contributed by atoms with van der Waals surface area (Å²) in [6, 6.07) is 0. The lowest BCUT2D eigenvalue weighted by atomic mass is 10.1. The maximum Gasteiger partial charge on any atom is 0.0378 e. The topological polar surface area (TPSA) is 0 Å². The van der Waals surface area contributed by atoms with E-state index in [-0.39, 0.29) is 0 Å². The second-order valence-corrected chi connectivity index (χ2v) is 1.21. The molecule has 10 heavy (non-hydrogen) atoms. The second kappa shape index (κ2) is 9.35. The van der Waals surface area contributed by atoms with Crippen LogP contribution in [0.3, 0.4) is 0 Å². The summed E-state index contributed by atoms with van der Waals surface area (Å²) in [6.07, 6.45) is -29.6. The number of hydrogen-bond acceptors (Lipinski definition) is 1. The molecule has 0 saturated carbocycles. The van der Waals surface area contributed by atoms with Gasteiger partial charge in [0.1, 0.15) is 0 Å². The highest BCUT2D eigenvalue weighted by atomic mass is 32.1. The van der Waals surface area contributed by atoms with Gasteiger partial charge >= 0.3 is 0 Å². The Morgan fingerprint density at radius 3 is 2.30 bits per heavy atom. The molecule has 0 N–H and O–H groups in total. The van der Waals surface area contributed by atoms with Crippen molar-refractivity contribution in [1.82, 2.24) is 0 Å². The van der Waals surface area contributed by atoms with Crippen LogP contribution >= 0.6 is 12.6 Å². The van der Waals surface area contributed by atoms with Crippen LogP contribution in [0.15, 0.2) is 0 Å². The molecule has 0 aliphatic heterocycles. The molecule has 0 spiro atoms. The Kier molecular flexibility index (Phi) is 1.05. The third-order valence-electron chi connectivity index (χ3n) is 0.431. The molecular formula is C9H20S. The minimum absolute atomic E-state index is 3.20. The first-order valence-electron chi connectivity index (χ1n) is 11.7. The van der Waals surface area contributed by atoms with E-state index in [0.29, 0.717) is 0 Å². The zero-order chi connectivity index (χ0) is 24.5. The monoisotopic (exact) mass is 179 g/mol. The van der Waals surface area contributed by atoms with Crippen LogP contribution in [0, 0.1) is 0 Å². The number of thiol groups is 1. The first kappa shape index (κ1) is 1.13. The lowest BCUT2D eigenvalue weighted by molar-refractivity contribution is 0.604. The highest BCUT2D eigenvalue weighted by Gasteiger charge is 1.87. The Balaban J connectivity index is 6.82. The largest absolute Gasteiger partial charge is 0.179 e. The Bertz CT molecular complexity index is 554. The highest BCUT2D eigenvalue weighted by Crippen LogP contribution is 2.06. The van der Waals surface area contributed by atoms with E-state index in [9.17, 15) is 0 Å². The standard InChI is InChI=1S/C9H20S/c1-2-3-4-5-6-7-8-9-10/h10H,2-9H2,1H3/i1D3,2D2,3D2,4D2,5D2,6D2,7D2,8D2,9D2. The molecule has 0 amide bonds. The van der Waals surface area contributed by atoms with Gasteiger partial charge in [-0.05, 0) is 12.1 Å². The Hall–Kier alpha value is 0.350. The van der Waals surface area contributed by atoms with Gasteiger partial charge in [-0.2, -0.15) is 12.6 Å². The van der Waals surface area contributed by atoms with E-state index in [1.165, 1.54) is 0 Å². The fraction of sp³-hybridized carbons (Fsp3) is 1.00. The molecule has 0 aromatic carbocycles. The minimum Gasteiger partial charge on any atom is -0.179 e. The van der Waals surface area contributed by atoms with E-state index in [1.54, 1.807) is 0 Å². The van der Waals surface area contributed by atoms with Crippen LogP contribution in [0.25, 0.3) is 0 Å². The Morgan fingerprint density at radius 2 is 1.70 bits per heavy atom. The van der Waals surface area contributed by atoms with E-state index in [2.05, 4.69) is 12.6 Å². The van der Waals surface area contributed by atoms with Crippen molar-refractivity contribution >= 4 is 12.6 Å². The van der Waals surface area contributed by atoms with Gasteiger partial charge in [-0.15, -0.1) is 0 Å². The maximum absolute atomic E-state index is 7.78. The lowest BCUT2D eigenvalue weighted by Crippen LogP contribution is -1.79. The molecule has 0 aromatic rings. The molecule has 0 bridgehead atoms. The van der Waals surface area contributed by atoms with Crippen molar-refractivity contribution in [1.29, 1.82) is 0 Å². The Morgan fingerprint density at radius 1 is 1.10 bits per heavy atom. The molecule has 62 valence electrons. The van der Waals surface area contributed by atoms with E-state index in [1.807, 2.05) is 0 Å². The third-order valence-corrected chi connectivity index (χ3v) is 0.543. The summed E-state index contributed by atoms with van der Waals surface area (Å²) in [7, 11) is 0. The van der Waals surface area contributed by atoms with E-state index < -0.39 is 57.2 Å². The van der Waals surface area contributed by atoms with Gasteiger partial charge < -0.3 is 0 Å². The smallest absolute Gasteiger partial charge is 0.0378 e. The van der Waals surface area contributed by atoms with Gasteiger partial charge in [0, 0.05) is 26.0 Å². The molecule has 0 saturated heterocycles. The van der Waals surface area contributed by atoms with Crippen molar-refractivity contribution in [2.75, 3.05) is 5.70 Å². The van der Waals surface area contributed by atoms with Gasteiger partial charge in [-0.25, -0.2) is 0 Å². The zero-order valence-corrected chi connectivity index (χ0v) is 5.84. The van der Waals surface area contributed by atoms with Gasteiger partial charge in [0.05, 0.1) is 0 Å². The summed E-state index contributed by atoms with van der Waals surface area (Å²) < 4.78 is 143. The molecule has 0 heterocycles. The summed E-state index contributed by atoms with van der Waals surface area (Å²) in [5.74, 6) is 0. The van der Waals surface area contributed by atoms with Gasteiger partial charge in [0.15, 0.2) is 0 Å². The molecule has 0 unspecified atom stereocenters. The summed E-state index contributed by atoms with van der Waals surface area (Å²) in [6.45, 7) is -3.83. The van der Waals surface area contributed by atoms with Crippen LogP contribution in [0.4, 0.5) is 0 Å². The summed E-state index contributed by atoms with van der Waals surface area (Å²) in [4.78, 5) is 0. The van der Waals surface area contributed by atoms with E-state index >= 15 is 0 Å². The van der Waals surface area contributed by atoms with Crippen molar-refractivity contribution in [3.63, 3.8) is 0 Å². The second-order valence-electron chi connectivity index (χ2n) is 0.987. The van der Waals surface area contributed by atoms with Crippen molar-refractivity contribution in [3.8, 4) is 0 Å². The van der Waals surface area contributed by atoms with Crippen LogP contribution in [0.5, 0.6) is 0 Å². The summed E-state index contributed by atoms with van der Waals surface area (Å²) in [5.41, 5.74) is -3.40.